The lowest BCUT2D eigenvalue weighted by molar-refractivity contribution is 0.223. The highest BCUT2D eigenvalue weighted by atomic mass is 127. The number of benzene rings is 1. The summed E-state index contributed by atoms with van der Waals surface area (Å²) in [7, 11) is 0. The summed E-state index contributed by atoms with van der Waals surface area (Å²) in [5.41, 5.74) is 8.03. The zero-order valence-corrected chi connectivity index (χ0v) is 13.4. The highest BCUT2D eigenvalue weighted by Crippen LogP contribution is 2.34. The van der Waals surface area contributed by atoms with Crippen molar-refractivity contribution in [1.82, 2.24) is 0 Å². The summed E-state index contributed by atoms with van der Waals surface area (Å²) >= 11 is 2.35. The second kappa shape index (κ2) is 6.38. The molecule has 0 unspecified atom stereocenters. The SMILES string of the molecule is CCCC1CCC(N)(Cc2ccc(I)cc2)CC1. The third-order valence-electron chi connectivity index (χ3n) is 4.27. The van der Waals surface area contributed by atoms with Gasteiger partial charge in [0.2, 0.25) is 0 Å². The maximum absolute atomic E-state index is 6.59. The minimum atomic E-state index is 0.0526. The van der Waals surface area contributed by atoms with Crippen LogP contribution < -0.4 is 5.73 Å². The summed E-state index contributed by atoms with van der Waals surface area (Å²) in [6.07, 6.45) is 8.80. The minimum Gasteiger partial charge on any atom is -0.325 e. The van der Waals surface area contributed by atoms with Crippen LogP contribution in [0.25, 0.3) is 0 Å². The van der Waals surface area contributed by atoms with Crippen molar-refractivity contribution in [2.45, 2.75) is 57.4 Å². The fourth-order valence-electron chi connectivity index (χ4n) is 3.13. The smallest absolute Gasteiger partial charge is 0.0195 e. The predicted octanol–water partition coefficient (Wildman–Crippen LogP) is 4.52. The summed E-state index contributed by atoms with van der Waals surface area (Å²) in [6.45, 7) is 2.29. The highest BCUT2D eigenvalue weighted by molar-refractivity contribution is 14.1. The van der Waals surface area contributed by atoms with Gasteiger partial charge in [0.05, 0.1) is 0 Å². The van der Waals surface area contributed by atoms with Crippen molar-refractivity contribution in [2.24, 2.45) is 11.7 Å². The number of rotatable bonds is 4. The Hall–Kier alpha value is -0.0900. The molecule has 0 amide bonds. The summed E-state index contributed by atoms with van der Waals surface area (Å²) in [4.78, 5) is 0. The van der Waals surface area contributed by atoms with Gasteiger partial charge in [-0.2, -0.15) is 0 Å². The maximum atomic E-state index is 6.59. The lowest BCUT2D eigenvalue weighted by Crippen LogP contribution is -2.45. The van der Waals surface area contributed by atoms with E-state index in [9.17, 15) is 0 Å². The first kappa shape index (κ1) is 14.3. The molecule has 100 valence electrons. The number of halogens is 1. The van der Waals surface area contributed by atoms with E-state index in [0.717, 1.165) is 12.3 Å². The van der Waals surface area contributed by atoms with E-state index in [1.165, 1.54) is 47.7 Å². The molecule has 18 heavy (non-hydrogen) atoms. The van der Waals surface area contributed by atoms with Crippen LogP contribution in [-0.2, 0) is 6.42 Å². The number of nitrogens with two attached hydrogens (primary N) is 1. The maximum Gasteiger partial charge on any atom is 0.0195 e. The molecule has 1 aliphatic carbocycles. The standard InChI is InChI=1S/C16H24IN/c1-2-3-13-8-10-16(18,11-9-13)12-14-4-6-15(17)7-5-14/h4-7,13H,2-3,8-12,18H2,1H3. The van der Waals surface area contributed by atoms with Crippen molar-refractivity contribution in [3.63, 3.8) is 0 Å². The Morgan fingerprint density at radius 2 is 1.83 bits per heavy atom. The molecule has 2 heteroatoms. The molecule has 1 fully saturated rings. The van der Waals surface area contributed by atoms with E-state index < -0.39 is 0 Å². The molecule has 0 saturated heterocycles. The first-order chi connectivity index (χ1) is 8.61. The first-order valence-electron chi connectivity index (χ1n) is 7.15. The van der Waals surface area contributed by atoms with Gasteiger partial charge >= 0.3 is 0 Å². The summed E-state index contributed by atoms with van der Waals surface area (Å²) < 4.78 is 1.30. The zero-order chi connectivity index (χ0) is 13.0. The van der Waals surface area contributed by atoms with Crippen molar-refractivity contribution < 1.29 is 0 Å². The topological polar surface area (TPSA) is 26.0 Å². The molecule has 2 N–H and O–H groups in total. The number of hydrogen-bond donors (Lipinski definition) is 1. The largest absolute Gasteiger partial charge is 0.325 e. The van der Waals surface area contributed by atoms with Crippen molar-refractivity contribution in [1.29, 1.82) is 0 Å². The first-order valence-corrected chi connectivity index (χ1v) is 8.22. The second-order valence-electron chi connectivity index (χ2n) is 5.90. The van der Waals surface area contributed by atoms with E-state index in [1.54, 1.807) is 0 Å². The molecule has 0 bridgehead atoms. The molecule has 0 spiro atoms. The fraction of sp³-hybridized carbons (Fsp3) is 0.625. The quantitative estimate of drug-likeness (QED) is 0.788. The Morgan fingerprint density at radius 1 is 1.22 bits per heavy atom. The van der Waals surface area contributed by atoms with Crippen molar-refractivity contribution in [3.8, 4) is 0 Å². The van der Waals surface area contributed by atoms with Crippen LogP contribution in [0.4, 0.5) is 0 Å². The van der Waals surface area contributed by atoms with E-state index >= 15 is 0 Å². The van der Waals surface area contributed by atoms with Gasteiger partial charge < -0.3 is 5.73 Å². The Bertz CT molecular complexity index is 363. The molecule has 1 aliphatic rings. The van der Waals surface area contributed by atoms with Crippen LogP contribution in [0.3, 0.4) is 0 Å². The molecular weight excluding hydrogens is 333 g/mol. The van der Waals surface area contributed by atoms with Gasteiger partial charge in [-0.1, -0.05) is 31.9 Å². The van der Waals surface area contributed by atoms with E-state index in [1.807, 2.05) is 0 Å². The van der Waals surface area contributed by atoms with Gasteiger partial charge in [0, 0.05) is 9.11 Å². The zero-order valence-electron chi connectivity index (χ0n) is 11.3. The molecule has 2 rings (SSSR count). The monoisotopic (exact) mass is 357 g/mol. The van der Waals surface area contributed by atoms with Gasteiger partial charge in [0.15, 0.2) is 0 Å². The third kappa shape index (κ3) is 3.95. The van der Waals surface area contributed by atoms with E-state index in [0.29, 0.717) is 0 Å². The molecule has 1 aromatic rings. The lowest BCUT2D eigenvalue weighted by Gasteiger charge is -2.37. The Kier molecular flexibility index (Phi) is 5.07. The van der Waals surface area contributed by atoms with Crippen LogP contribution in [0.15, 0.2) is 24.3 Å². The van der Waals surface area contributed by atoms with Crippen LogP contribution in [0.1, 0.15) is 51.0 Å². The van der Waals surface area contributed by atoms with Crippen LogP contribution in [0.5, 0.6) is 0 Å². The molecule has 0 aliphatic heterocycles. The van der Waals surface area contributed by atoms with Gasteiger partial charge in [-0.3, -0.25) is 0 Å². The molecule has 0 radical (unpaired) electrons. The van der Waals surface area contributed by atoms with Crippen LogP contribution >= 0.6 is 22.6 Å². The fourth-order valence-corrected chi connectivity index (χ4v) is 3.49. The van der Waals surface area contributed by atoms with Gasteiger partial charge in [-0.25, -0.2) is 0 Å². The average Bonchev–Trinajstić information content (AvgIpc) is 2.36. The molecule has 1 aromatic carbocycles. The Labute approximate surface area is 125 Å². The molecule has 0 aromatic heterocycles. The molecular formula is C16H24IN. The van der Waals surface area contributed by atoms with Crippen molar-refractivity contribution in [3.05, 3.63) is 33.4 Å². The Morgan fingerprint density at radius 3 is 2.39 bits per heavy atom. The van der Waals surface area contributed by atoms with Gasteiger partial charge in [-0.05, 0) is 78.3 Å². The summed E-state index contributed by atoms with van der Waals surface area (Å²) in [5.74, 6) is 0.934. The highest BCUT2D eigenvalue weighted by Gasteiger charge is 2.31. The van der Waals surface area contributed by atoms with Gasteiger partial charge in [-0.15, -0.1) is 0 Å². The van der Waals surface area contributed by atoms with Crippen molar-refractivity contribution in [2.75, 3.05) is 0 Å². The average molecular weight is 357 g/mol. The lowest BCUT2D eigenvalue weighted by atomic mass is 9.73. The molecule has 0 heterocycles. The van der Waals surface area contributed by atoms with Crippen LogP contribution in [-0.4, -0.2) is 5.54 Å². The summed E-state index contributed by atoms with van der Waals surface area (Å²) in [5, 5.41) is 0. The van der Waals surface area contributed by atoms with Crippen LogP contribution in [0.2, 0.25) is 0 Å². The van der Waals surface area contributed by atoms with Gasteiger partial charge in [0.25, 0.3) is 0 Å². The molecule has 0 atom stereocenters. The second-order valence-corrected chi connectivity index (χ2v) is 7.14. The molecule has 1 saturated carbocycles. The van der Waals surface area contributed by atoms with Gasteiger partial charge in [0.1, 0.15) is 0 Å². The predicted molar refractivity (Wildman–Crippen MR) is 86.6 cm³/mol. The summed E-state index contributed by atoms with van der Waals surface area (Å²) in [6, 6.07) is 8.83. The van der Waals surface area contributed by atoms with Crippen LogP contribution in [0, 0.1) is 9.49 Å². The normalized spacial score (nSPS) is 28.3. The molecule has 1 nitrogen and oxygen atoms in total. The third-order valence-corrected chi connectivity index (χ3v) is 4.99. The minimum absolute atomic E-state index is 0.0526. The van der Waals surface area contributed by atoms with Crippen molar-refractivity contribution >= 4 is 22.6 Å². The van der Waals surface area contributed by atoms with E-state index in [4.69, 9.17) is 5.73 Å². The Balaban J connectivity index is 1.91. The van der Waals surface area contributed by atoms with E-state index in [-0.39, 0.29) is 5.54 Å². The number of hydrogen-bond acceptors (Lipinski definition) is 1. The van der Waals surface area contributed by atoms with E-state index in [2.05, 4.69) is 53.8 Å².